The molecule has 3 atom stereocenters. The molecule has 17 heavy (non-hydrogen) atoms. The third kappa shape index (κ3) is 1.99. The minimum absolute atomic E-state index is 0.192. The SMILES string of the molecule is CC1(C)CNCCC1NC(=O)C1C2CCCC21. The van der Waals surface area contributed by atoms with Gasteiger partial charge in [0.1, 0.15) is 0 Å². The van der Waals surface area contributed by atoms with E-state index in [1.807, 2.05) is 0 Å². The largest absolute Gasteiger partial charge is 0.352 e. The van der Waals surface area contributed by atoms with Crippen LogP contribution in [0.2, 0.25) is 0 Å². The highest BCUT2D eigenvalue weighted by Gasteiger charge is 2.56. The summed E-state index contributed by atoms with van der Waals surface area (Å²) in [6, 6.07) is 0.359. The second kappa shape index (κ2) is 3.98. The third-order valence-corrected chi connectivity index (χ3v) is 5.16. The van der Waals surface area contributed by atoms with Gasteiger partial charge < -0.3 is 10.6 Å². The normalized spacial score (nSPS) is 42.9. The Labute approximate surface area is 104 Å². The molecule has 3 fully saturated rings. The van der Waals surface area contributed by atoms with Gasteiger partial charge in [0.25, 0.3) is 0 Å². The molecule has 3 nitrogen and oxygen atoms in total. The molecule has 0 aromatic rings. The lowest BCUT2D eigenvalue weighted by atomic mass is 9.80. The Morgan fingerprint density at radius 1 is 1.24 bits per heavy atom. The molecule has 0 aromatic carbocycles. The van der Waals surface area contributed by atoms with Gasteiger partial charge in [0.2, 0.25) is 5.91 Å². The van der Waals surface area contributed by atoms with Gasteiger partial charge in [-0.2, -0.15) is 0 Å². The lowest BCUT2D eigenvalue weighted by Gasteiger charge is -2.39. The van der Waals surface area contributed by atoms with E-state index in [1.54, 1.807) is 0 Å². The predicted octanol–water partition coefficient (Wildman–Crippen LogP) is 1.54. The summed E-state index contributed by atoms with van der Waals surface area (Å²) in [5.41, 5.74) is 0.192. The summed E-state index contributed by atoms with van der Waals surface area (Å²) < 4.78 is 0. The number of carbonyl (C=O) groups is 1. The molecule has 0 radical (unpaired) electrons. The van der Waals surface area contributed by atoms with Crippen molar-refractivity contribution in [3.05, 3.63) is 0 Å². The van der Waals surface area contributed by atoms with Crippen LogP contribution in [0.15, 0.2) is 0 Å². The first-order valence-electron chi connectivity index (χ1n) is 7.11. The van der Waals surface area contributed by atoms with E-state index in [0.29, 0.717) is 17.9 Å². The fourth-order valence-corrected chi connectivity index (χ4v) is 3.92. The second-order valence-electron chi connectivity index (χ2n) is 6.80. The van der Waals surface area contributed by atoms with Gasteiger partial charge in [-0.1, -0.05) is 20.3 Å². The van der Waals surface area contributed by atoms with Crippen LogP contribution < -0.4 is 10.6 Å². The van der Waals surface area contributed by atoms with Crippen LogP contribution in [0.5, 0.6) is 0 Å². The van der Waals surface area contributed by atoms with Gasteiger partial charge in [0.15, 0.2) is 0 Å². The summed E-state index contributed by atoms with van der Waals surface area (Å²) in [5, 5.41) is 6.73. The van der Waals surface area contributed by atoms with Crippen molar-refractivity contribution in [3.63, 3.8) is 0 Å². The quantitative estimate of drug-likeness (QED) is 0.763. The summed E-state index contributed by atoms with van der Waals surface area (Å²) >= 11 is 0. The standard InChI is InChI=1S/C14H24N2O/c1-14(2)8-15-7-6-11(14)16-13(17)12-9-4-3-5-10(9)12/h9-12,15H,3-8H2,1-2H3,(H,16,17). The summed E-state index contributed by atoms with van der Waals surface area (Å²) in [5.74, 6) is 2.19. The van der Waals surface area contributed by atoms with Crippen molar-refractivity contribution in [3.8, 4) is 0 Å². The maximum Gasteiger partial charge on any atom is 0.223 e. The maximum absolute atomic E-state index is 12.2. The highest BCUT2D eigenvalue weighted by molar-refractivity contribution is 5.82. The minimum Gasteiger partial charge on any atom is -0.352 e. The van der Waals surface area contributed by atoms with E-state index in [1.165, 1.54) is 19.3 Å². The van der Waals surface area contributed by atoms with E-state index in [0.717, 1.165) is 31.3 Å². The molecule has 3 unspecified atom stereocenters. The second-order valence-corrected chi connectivity index (χ2v) is 6.80. The highest BCUT2D eigenvalue weighted by Crippen LogP contribution is 2.57. The van der Waals surface area contributed by atoms with E-state index in [-0.39, 0.29) is 5.41 Å². The molecule has 1 heterocycles. The summed E-state index contributed by atoms with van der Waals surface area (Å²) in [4.78, 5) is 12.2. The zero-order chi connectivity index (χ0) is 12.0. The van der Waals surface area contributed by atoms with Crippen LogP contribution in [-0.4, -0.2) is 25.0 Å². The molecule has 3 rings (SSSR count). The van der Waals surface area contributed by atoms with Gasteiger partial charge in [0.05, 0.1) is 0 Å². The predicted molar refractivity (Wildman–Crippen MR) is 67.5 cm³/mol. The molecule has 0 bridgehead atoms. The Bertz CT molecular complexity index is 316. The van der Waals surface area contributed by atoms with E-state index in [9.17, 15) is 4.79 Å². The first kappa shape index (κ1) is 11.5. The molecule has 96 valence electrons. The summed E-state index contributed by atoms with van der Waals surface area (Å²) in [6.45, 7) is 6.54. The first-order chi connectivity index (χ1) is 8.09. The molecular weight excluding hydrogens is 212 g/mol. The van der Waals surface area contributed by atoms with Crippen molar-refractivity contribution in [1.82, 2.24) is 10.6 Å². The zero-order valence-electron chi connectivity index (χ0n) is 11.0. The smallest absolute Gasteiger partial charge is 0.223 e. The van der Waals surface area contributed by atoms with Crippen molar-refractivity contribution < 1.29 is 4.79 Å². The van der Waals surface area contributed by atoms with Gasteiger partial charge in [-0.3, -0.25) is 4.79 Å². The average molecular weight is 236 g/mol. The Kier molecular flexibility index (Phi) is 2.69. The Morgan fingerprint density at radius 3 is 2.59 bits per heavy atom. The van der Waals surface area contributed by atoms with Crippen LogP contribution in [0.1, 0.15) is 39.5 Å². The van der Waals surface area contributed by atoms with Gasteiger partial charge in [-0.15, -0.1) is 0 Å². The van der Waals surface area contributed by atoms with E-state index >= 15 is 0 Å². The molecule has 0 aromatic heterocycles. The summed E-state index contributed by atoms with van der Waals surface area (Å²) in [7, 11) is 0. The first-order valence-corrected chi connectivity index (χ1v) is 7.11. The zero-order valence-corrected chi connectivity index (χ0v) is 11.0. The number of hydrogen-bond donors (Lipinski definition) is 2. The van der Waals surface area contributed by atoms with Crippen LogP contribution in [0.3, 0.4) is 0 Å². The van der Waals surface area contributed by atoms with Crippen LogP contribution in [0.25, 0.3) is 0 Å². The molecule has 2 saturated carbocycles. The number of carbonyl (C=O) groups excluding carboxylic acids is 1. The Hall–Kier alpha value is -0.570. The van der Waals surface area contributed by atoms with Crippen LogP contribution in [0.4, 0.5) is 0 Å². The third-order valence-electron chi connectivity index (χ3n) is 5.16. The molecule has 0 spiro atoms. The molecule has 3 heteroatoms. The van der Waals surface area contributed by atoms with Gasteiger partial charge in [-0.05, 0) is 43.1 Å². The summed E-state index contributed by atoms with van der Waals surface area (Å²) in [6.07, 6.45) is 5.00. The number of amides is 1. The fraction of sp³-hybridized carbons (Fsp3) is 0.929. The topological polar surface area (TPSA) is 41.1 Å². The molecule has 1 saturated heterocycles. The van der Waals surface area contributed by atoms with Crippen molar-refractivity contribution in [2.45, 2.75) is 45.6 Å². The van der Waals surface area contributed by atoms with Gasteiger partial charge in [-0.25, -0.2) is 0 Å². The number of nitrogens with one attached hydrogen (secondary N) is 2. The average Bonchev–Trinajstić information content (AvgIpc) is 2.76. The number of fused-ring (bicyclic) bond motifs is 1. The molecule has 3 aliphatic rings. The molecule has 2 N–H and O–H groups in total. The van der Waals surface area contributed by atoms with Crippen LogP contribution in [-0.2, 0) is 4.79 Å². The maximum atomic E-state index is 12.2. The van der Waals surface area contributed by atoms with Crippen molar-refractivity contribution in [1.29, 1.82) is 0 Å². The lowest BCUT2D eigenvalue weighted by molar-refractivity contribution is -0.124. The number of hydrogen-bond acceptors (Lipinski definition) is 2. The van der Waals surface area contributed by atoms with E-state index < -0.39 is 0 Å². The molecular formula is C14H24N2O. The van der Waals surface area contributed by atoms with E-state index in [4.69, 9.17) is 0 Å². The van der Waals surface area contributed by atoms with Crippen LogP contribution >= 0.6 is 0 Å². The minimum atomic E-state index is 0.192. The van der Waals surface area contributed by atoms with E-state index in [2.05, 4.69) is 24.5 Å². The Balaban J connectivity index is 1.57. The van der Waals surface area contributed by atoms with Crippen molar-refractivity contribution in [2.75, 3.05) is 13.1 Å². The van der Waals surface area contributed by atoms with Crippen molar-refractivity contribution >= 4 is 5.91 Å². The van der Waals surface area contributed by atoms with Gasteiger partial charge >= 0.3 is 0 Å². The molecule has 1 amide bonds. The number of piperidine rings is 1. The highest BCUT2D eigenvalue weighted by atomic mass is 16.2. The van der Waals surface area contributed by atoms with Gasteiger partial charge in [0, 0.05) is 18.5 Å². The monoisotopic (exact) mass is 236 g/mol. The fourth-order valence-electron chi connectivity index (χ4n) is 3.92. The molecule has 1 aliphatic heterocycles. The van der Waals surface area contributed by atoms with Crippen LogP contribution in [0, 0.1) is 23.2 Å². The van der Waals surface area contributed by atoms with Crippen molar-refractivity contribution in [2.24, 2.45) is 23.2 Å². The number of rotatable bonds is 2. The Morgan fingerprint density at radius 2 is 1.94 bits per heavy atom. The molecule has 2 aliphatic carbocycles. The lowest BCUT2D eigenvalue weighted by Crippen LogP contribution is -2.54.